The average Bonchev–Trinajstić information content (AvgIpc) is 3.02. The van der Waals surface area contributed by atoms with Gasteiger partial charge in [0, 0.05) is 26.7 Å². The van der Waals surface area contributed by atoms with Gasteiger partial charge in [0.1, 0.15) is 0 Å². The van der Waals surface area contributed by atoms with E-state index in [2.05, 4.69) is 34.7 Å². The fourth-order valence-corrected chi connectivity index (χ4v) is 4.52. The number of nitrogens with one attached hydrogen (secondary N) is 1. The maximum Gasteiger partial charge on any atom is 0.262 e. The third-order valence-electron chi connectivity index (χ3n) is 4.21. The summed E-state index contributed by atoms with van der Waals surface area (Å²) in [6.07, 6.45) is 2.26. The molecule has 7 nitrogen and oxygen atoms in total. The topological polar surface area (TPSA) is 80.1 Å². The average molecular weight is 372 g/mol. The number of nitrogens with zero attached hydrogens (tertiary/aromatic N) is 4. The van der Waals surface area contributed by atoms with Crippen molar-refractivity contribution in [2.45, 2.75) is 24.4 Å². The lowest BCUT2D eigenvalue weighted by atomic mass is 10.0. The number of benzene rings is 1. The molecule has 1 unspecified atom stereocenters. The molecule has 0 aliphatic carbocycles. The monoisotopic (exact) mass is 371 g/mol. The summed E-state index contributed by atoms with van der Waals surface area (Å²) in [4.78, 5) is 0. The summed E-state index contributed by atoms with van der Waals surface area (Å²) in [5.74, 6) is 0. The van der Waals surface area contributed by atoms with Gasteiger partial charge in [0.2, 0.25) is 0 Å². The second-order valence-corrected chi connectivity index (χ2v) is 7.46. The molecular formula is C15H22ClN5O2S. The summed E-state index contributed by atoms with van der Waals surface area (Å²) in [6, 6.07) is 7.91. The Morgan fingerprint density at radius 3 is 2.58 bits per heavy atom. The molecule has 2 aromatic rings. The first-order valence-corrected chi connectivity index (χ1v) is 9.14. The molecule has 1 atom stereocenters. The highest BCUT2D eigenvalue weighted by molar-refractivity contribution is 7.89. The third kappa shape index (κ3) is 3.46. The molecule has 1 aliphatic heterocycles. The first kappa shape index (κ1) is 18.9. The van der Waals surface area contributed by atoms with Crippen LogP contribution in [0, 0.1) is 0 Å². The number of hydrogen-bond acceptors (Lipinski definition) is 5. The summed E-state index contributed by atoms with van der Waals surface area (Å²) < 4.78 is 28.8. The Bertz CT molecular complexity index is 775. The van der Waals surface area contributed by atoms with Crippen LogP contribution in [-0.4, -0.2) is 47.4 Å². The smallest absolute Gasteiger partial charge is 0.262 e. The third-order valence-corrected chi connectivity index (χ3v) is 6.17. The number of rotatable bonds is 4. The molecular weight excluding hydrogens is 350 g/mol. The Kier molecular flexibility index (Phi) is 5.97. The molecule has 132 valence electrons. The normalized spacial score (nSPS) is 19.0. The fourth-order valence-electron chi connectivity index (χ4n) is 2.87. The molecule has 1 aromatic carbocycles. The van der Waals surface area contributed by atoms with E-state index < -0.39 is 10.0 Å². The van der Waals surface area contributed by atoms with Crippen LogP contribution in [0.4, 0.5) is 0 Å². The molecule has 24 heavy (non-hydrogen) atoms. The van der Waals surface area contributed by atoms with Gasteiger partial charge in [0.25, 0.3) is 10.0 Å². The van der Waals surface area contributed by atoms with Crippen molar-refractivity contribution in [3.8, 4) is 0 Å². The molecule has 0 radical (unpaired) electrons. The Labute approximate surface area is 148 Å². The van der Waals surface area contributed by atoms with E-state index in [0.29, 0.717) is 19.6 Å². The van der Waals surface area contributed by atoms with Gasteiger partial charge >= 0.3 is 0 Å². The van der Waals surface area contributed by atoms with Gasteiger partial charge in [-0.25, -0.2) is 13.1 Å². The number of aromatic nitrogens is 3. The molecule has 1 aromatic heterocycles. The Hall–Kier alpha value is -1.48. The van der Waals surface area contributed by atoms with E-state index in [9.17, 15) is 8.42 Å². The predicted molar refractivity (Wildman–Crippen MR) is 93.6 cm³/mol. The summed E-state index contributed by atoms with van der Waals surface area (Å²) >= 11 is 0. The van der Waals surface area contributed by atoms with Crippen molar-refractivity contribution in [1.82, 2.24) is 24.6 Å². The van der Waals surface area contributed by atoms with Gasteiger partial charge in [-0.1, -0.05) is 36.4 Å². The van der Waals surface area contributed by atoms with Crippen molar-refractivity contribution in [3.63, 3.8) is 0 Å². The van der Waals surface area contributed by atoms with Crippen molar-refractivity contribution in [1.29, 1.82) is 0 Å². The van der Waals surface area contributed by atoms with Gasteiger partial charge in [0.05, 0.1) is 12.2 Å². The molecule has 1 fully saturated rings. The maximum atomic E-state index is 13.0. The minimum absolute atomic E-state index is 0. The van der Waals surface area contributed by atoms with E-state index in [0.717, 1.165) is 12.0 Å². The van der Waals surface area contributed by atoms with Crippen LogP contribution in [0.5, 0.6) is 0 Å². The van der Waals surface area contributed by atoms with Crippen LogP contribution in [0.25, 0.3) is 0 Å². The van der Waals surface area contributed by atoms with Crippen LogP contribution in [0.15, 0.2) is 35.5 Å². The second-order valence-electron chi connectivity index (χ2n) is 5.63. The highest BCUT2D eigenvalue weighted by Gasteiger charge is 2.36. The van der Waals surface area contributed by atoms with Crippen molar-refractivity contribution in [2.24, 2.45) is 7.05 Å². The quantitative estimate of drug-likeness (QED) is 0.871. The maximum absolute atomic E-state index is 13.0. The van der Waals surface area contributed by atoms with Gasteiger partial charge in [0.15, 0.2) is 5.03 Å². The number of sulfonamides is 1. The van der Waals surface area contributed by atoms with E-state index in [1.165, 1.54) is 16.4 Å². The van der Waals surface area contributed by atoms with E-state index >= 15 is 0 Å². The lowest BCUT2D eigenvalue weighted by Crippen LogP contribution is -2.48. The Morgan fingerprint density at radius 2 is 2.00 bits per heavy atom. The summed E-state index contributed by atoms with van der Waals surface area (Å²) in [6.45, 7) is 3.75. The molecule has 1 N–H and O–H groups in total. The fraction of sp³-hybridized carbons (Fsp3) is 0.467. The number of hydrogen-bond donors (Lipinski definition) is 1. The Balaban J connectivity index is 0.00000208. The van der Waals surface area contributed by atoms with Crippen LogP contribution < -0.4 is 5.32 Å². The molecule has 0 spiro atoms. The number of piperazine rings is 1. The van der Waals surface area contributed by atoms with Gasteiger partial charge < -0.3 is 5.32 Å². The molecule has 1 aliphatic rings. The van der Waals surface area contributed by atoms with Gasteiger partial charge in [-0.05, 0) is 17.5 Å². The molecule has 1 saturated heterocycles. The zero-order valence-corrected chi connectivity index (χ0v) is 15.3. The van der Waals surface area contributed by atoms with E-state index in [1.807, 2.05) is 12.1 Å². The summed E-state index contributed by atoms with van der Waals surface area (Å²) in [5, 5.41) is 10.8. The zero-order chi connectivity index (χ0) is 16.4. The molecule has 2 heterocycles. The van der Waals surface area contributed by atoms with Crippen molar-refractivity contribution in [2.75, 3.05) is 19.6 Å². The van der Waals surface area contributed by atoms with Crippen LogP contribution in [0.3, 0.4) is 0 Å². The van der Waals surface area contributed by atoms with Crippen molar-refractivity contribution in [3.05, 3.63) is 41.6 Å². The molecule has 3 rings (SSSR count). The molecule has 0 bridgehead atoms. The van der Waals surface area contributed by atoms with E-state index in [-0.39, 0.29) is 23.5 Å². The van der Waals surface area contributed by atoms with Crippen molar-refractivity contribution >= 4 is 22.4 Å². The van der Waals surface area contributed by atoms with Crippen molar-refractivity contribution < 1.29 is 8.42 Å². The van der Waals surface area contributed by atoms with Crippen LogP contribution in [0.1, 0.15) is 24.1 Å². The summed E-state index contributed by atoms with van der Waals surface area (Å²) in [7, 11) is -2.04. The van der Waals surface area contributed by atoms with Gasteiger partial charge in [-0.3, -0.25) is 0 Å². The number of halogens is 1. The largest absolute Gasteiger partial charge is 0.313 e. The summed E-state index contributed by atoms with van der Waals surface area (Å²) in [5.41, 5.74) is 2.23. The molecule has 9 heteroatoms. The standard InChI is InChI=1S/C15H21N5O2S.ClH/c1-3-12-4-6-13(7-5-12)14-10-16-8-9-20(14)23(21,22)15-11-17-18-19(15)2;/h4-7,11,14,16H,3,8-10H2,1-2H3;1H. The SMILES string of the molecule is CCc1ccc(C2CNCCN2S(=O)(=O)c2cnnn2C)cc1.Cl. The lowest BCUT2D eigenvalue weighted by Gasteiger charge is -2.35. The Morgan fingerprint density at radius 1 is 1.29 bits per heavy atom. The van der Waals surface area contributed by atoms with Gasteiger partial charge in [-0.2, -0.15) is 4.31 Å². The highest BCUT2D eigenvalue weighted by Crippen LogP contribution is 2.28. The molecule has 0 saturated carbocycles. The second kappa shape index (κ2) is 7.60. The molecule has 0 amide bonds. The first-order valence-electron chi connectivity index (χ1n) is 7.70. The minimum atomic E-state index is -3.63. The first-order chi connectivity index (χ1) is 11.0. The minimum Gasteiger partial charge on any atom is -0.313 e. The lowest BCUT2D eigenvalue weighted by molar-refractivity contribution is 0.269. The van der Waals surface area contributed by atoms with E-state index in [1.54, 1.807) is 11.4 Å². The van der Waals surface area contributed by atoms with Crippen LogP contribution >= 0.6 is 12.4 Å². The van der Waals surface area contributed by atoms with Gasteiger partial charge in [-0.15, -0.1) is 17.5 Å². The van der Waals surface area contributed by atoms with Crippen LogP contribution in [0.2, 0.25) is 0 Å². The highest BCUT2D eigenvalue weighted by atomic mass is 35.5. The number of aryl methyl sites for hydroxylation is 2. The zero-order valence-electron chi connectivity index (χ0n) is 13.7. The van der Waals surface area contributed by atoms with Crippen LogP contribution in [-0.2, 0) is 23.5 Å². The predicted octanol–water partition coefficient (Wildman–Crippen LogP) is 1.13. The van der Waals surface area contributed by atoms with E-state index in [4.69, 9.17) is 0 Å².